The lowest BCUT2D eigenvalue weighted by molar-refractivity contribution is -0.177. The molecule has 1 fully saturated rings. The molecule has 0 aromatic carbocycles. The standard InChI is InChI=1S/C27H43F3N2O9/c1-23(2,3)38-19(34)16(31(20(35)39-24(4,5)6)21(36)40-25(7,8)9)13-15-14-17(27(28,29)30)32(18(15)33)22(37)41-26(10,11)12/h15-17H,13-14H2,1-12H3/t15?,16-,17+/m0/s1. The van der Waals surface area contributed by atoms with E-state index in [1.54, 1.807) is 0 Å². The predicted octanol–water partition coefficient (Wildman–Crippen LogP) is 5.97. The highest BCUT2D eigenvalue weighted by Crippen LogP contribution is 2.39. The fourth-order valence-electron chi connectivity index (χ4n) is 3.73. The van der Waals surface area contributed by atoms with Crippen molar-refractivity contribution in [3.8, 4) is 0 Å². The molecule has 1 rings (SSSR count). The third-order valence-corrected chi connectivity index (χ3v) is 5.05. The van der Waals surface area contributed by atoms with E-state index in [0.29, 0.717) is 4.90 Å². The van der Waals surface area contributed by atoms with Crippen molar-refractivity contribution in [2.24, 2.45) is 5.92 Å². The van der Waals surface area contributed by atoms with Crippen LogP contribution in [0.1, 0.15) is 95.9 Å². The number of hydrogen-bond donors (Lipinski definition) is 0. The number of carbonyl (C=O) groups excluding carboxylic acids is 5. The van der Waals surface area contributed by atoms with Crippen LogP contribution in [0.3, 0.4) is 0 Å². The van der Waals surface area contributed by atoms with Gasteiger partial charge in [-0.1, -0.05) is 0 Å². The molecule has 0 N–H and O–H groups in total. The Labute approximate surface area is 238 Å². The lowest BCUT2D eigenvalue weighted by Gasteiger charge is -2.34. The van der Waals surface area contributed by atoms with Gasteiger partial charge in [-0.15, -0.1) is 0 Å². The zero-order chi connectivity index (χ0) is 32.5. The Bertz CT molecular complexity index is 988. The minimum absolute atomic E-state index is 0.0344. The van der Waals surface area contributed by atoms with E-state index in [4.69, 9.17) is 18.9 Å². The molecule has 1 aliphatic heterocycles. The summed E-state index contributed by atoms with van der Waals surface area (Å²) in [5.41, 5.74) is -4.68. The van der Waals surface area contributed by atoms with Crippen LogP contribution < -0.4 is 0 Å². The molecule has 0 radical (unpaired) electrons. The molecule has 1 aliphatic rings. The van der Waals surface area contributed by atoms with Crippen LogP contribution in [0.15, 0.2) is 0 Å². The van der Waals surface area contributed by atoms with E-state index < -0.39 is 89.6 Å². The number of likely N-dealkylation sites (tertiary alicyclic amines) is 1. The van der Waals surface area contributed by atoms with Gasteiger partial charge in [-0.2, -0.15) is 18.1 Å². The van der Waals surface area contributed by atoms with Gasteiger partial charge in [0, 0.05) is 5.92 Å². The smallest absolute Gasteiger partial charge is 0.420 e. The zero-order valence-electron chi connectivity index (χ0n) is 25.8. The van der Waals surface area contributed by atoms with Gasteiger partial charge in [0.1, 0.15) is 34.5 Å². The van der Waals surface area contributed by atoms with Crippen LogP contribution in [-0.4, -0.2) is 80.6 Å². The lowest BCUT2D eigenvalue weighted by atomic mass is 9.95. The Morgan fingerprint density at radius 2 is 1.15 bits per heavy atom. The fraction of sp³-hybridized carbons (Fsp3) is 0.815. The van der Waals surface area contributed by atoms with Crippen molar-refractivity contribution >= 4 is 30.2 Å². The van der Waals surface area contributed by atoms with Crippen molar-refractivity contribution in [2.75, 3.05) is 0 Å². The third-order valence-electron chi connectivity index (χ3n) is 5.05. The molecule has 0 aromatic rings. The molecular formula is C27H43F3N2O9. The molecule has 236 valence electrons. The Balaban J connectivity index is 3.66. The summed E-state index contributed by atoms with van der Waals surface area (Å²) in [6, 6.07) is -4.51. The summed E-state index contributed by atoms with van der Waals surface area (Å²) in [4.78, 5) is 66.1. The molecular weight excluding hydrogens is 553 g/mol. The first-order valence-corrected chi connectivity index (χ1v) is 13.1. The van der Waals surface area contributed by atoms with Crippen LogP contribution in [0.5, 0.6) is 0 Å². The monoisotopic (exact) mass is 596 g/mol. The Hall–Kier alpha value is -3.06. The van der Waals surface area contributed by atoms with E-state index in [1.807, 2.05) is 0 Å². The zero-order valence-corrected chi connectivity index (χ0v) is 25.8. The summed E-state index contributed by atoms with van der Waals surface area (Å²) in [5, 5.41) is 0. The molecule has 0 aromatic heterocycles. The number of ether oxygens (including phenoxy) is 4. The van der Waals surface area contributed by atoms with Gasteiger partial charge in [-0.05, 0) is 95.9 Å². The van der Waals surface area contributed by atoms with Crippen LogP contribution >= 0.6 is 0 Å². The molecule has 0 saturated carbocycles. The first-order valence-electron chi connectivity index (χ1n) is 13.1. The lowest BCUT2D eigenvalue weighted by Crippen LogP contribution is -2.54. The average molecular weight is 597 g/mol. The second-order valence-electron chi connectivity index (χ2n) is 13.8. The second kappa shape index (κ2) is 12.0. The number of halogens is 3. The molecule has 0 spiro atoms. The molecule has 4 amide bonds. The molecule has 41 heavy (non-hydrogen) atoms. The average Bonchev–Trinajstić information content (AvgIpc) is 2.98. The fourth-order valence-corrected chi connectivity index (χ4v) is 3.73. The largest absolute Gasteiger partial charge is 0.458 e. The molecule has 1 heterocycles. The minimum Gasteiger partial charge on any atom is -0.458 e. The molecule has 11 nitrogen and oxygen atoms in total. The summed E-state index contributed by atoms with van der Waals surface area (Å²) in [6.45, 7) is 17.7. The molecule has 0 bridgehead atoms. The van der Waals surface area contributed by atoms with Gasteiger partial charge in [0.2, 0.25) is 5.91 Å². The Morgan fingerprint density at radius 3 is 1.49 bits per heavy atom. The van der Waals surface area contributed by atoms with Crippen molar-refractivity contribution in [3.63, 3.8) is 0 Å². The molecule has 3 atom stereocenters. The summed E-state index contributed by atoms with van der Waals surface area (Å²) in [5.74, 6) is -4.12. The minimum atomic E-state index is -5.03. The molecule has 1 unspecified atom stereocenters. The van der Waals surface area contributed by atoms with Gasteiger partial charge in [-0.3, -0.25) is 4.79 Å². The normalized spacial score (nSPS) is 19.4. The first-order chi connectivity index (χ1) is 18.0. The SMILES string of the molecule is CC(C)(C)OC(=O)[C@H](CC1C[C@H](C(F)(F)F)N(C(=O)OC(C)(C)C)C1=O)N(C(=O)OC(C)(C)C)C(=O)OC(C)(C)C. The van der Waals surface area contributed by atoms with Crippen LogP contribution in [0, 0.1) is 5.92 Å². The van der Waals surface area contributed by atoms with E-state index in [1.165, 1.54) is 83.1 Å². The molecule has 14 heteroatoms. The van der Waals surface area contributed by atoms with Crippen molar-refractivity contribution in [3.05, 3.63) is 0 Å². The molecule has 1 saturated heterocycles. The Kier molecular flexibility index (Phi) is 10.6. The highest BCUT2D eigenvalue weighted by Gasteiger charge is 2.58. The maximum atomic E-state index is 14.0. The van der Waals surface area contributed by atoms with E-state index >= 15 is 0 Å². The van der Waals surface area contributed by atoms with Crippen LogP contribution in [0.4, 0.5) is 27.6 Å². The van der Waals surface area contributed by atoms with Gasteiger partial charge in [0.15, 0.2) is 0 Å². The highest BCUT2D eigenvalue weighted by molar-refractivity contribution is 5.97. The van der Waals surface area contributed by atoms with Gasteiger partial charge >= 0.3 is 30.4 Å². The maximum Gasteiger partial charge on any atom is 0.420 e. The third kappa shape index (κ3) is 11.4. The van der Waals surface area contributed by atoms with Crippen molar-refractivity contribution in [1.82, 2.24) is 9.80 Å². The van der Waals surface area contributed by atoms with E-state index in [2.05, 4.69) is 0 Å². The van der Waals surface area contributed by atoms with Gasteiger partial charge in [0.25, 0.3) is 0 Å². The van der Waals surface area contributed by atoms with Crippen LogP contribution in [0.2, 0.25) is 0 Å². The summed E-state index contributed by atoms with van der Waals surface area (Å²) in [6.07, 6.45) is -11.0. The van der Waals surface area contributed by atoms with Crippen LogP contribution in [-0.2, 0) is 28.5 Å². The van der Waals surface area contributed by atoms with E-state index in [0.717, 1.165) is 0 Å². The second-order valence-corrected chi connectivity index (χ2v) is 13.8. The quantitative estimate of drug-likeness (QED) is 0.285. The van der Waals surface area contributed by atoms with Gasteiger partial charge < -0.3 is 18.9 Å². The number of amides is 4. The number of esters is 1. The number of rotatable bonds is 4. The summed E-state index contributed by atoms with van der Waals surface area (Å²) < 4.78 is 63.0. The van der Waals surface area contributed by atoms with Crippen molar-refractivity contribution < 1.29 is 56.1 Å². The van der Waals surface area contributed by atoms with Gasteiger partial charge in [0.05, 0.1) is 0 Å². The number of imide groups is 2. The number of nitrogens with zero attached hydrogens (tertiary/aromatic N) is 2. The summed E-state index contributed by atoms with van der Waals surface area (Å²) in [7, 11) is 0. The number of alkyl halides is 3. The highest BCUT2D eigenvalue weighted by atomic mass is 19.4. The predicted molar refractivity (Wildman–Crippen MR) is 140 cm³/mol. The molecule has 0 aliphatic carbocycles. The van der Waals surface area contributed by atoms with Crippen LogP contribution in [0.25, 0.3) is 0 Å². The first kappa shape index (κ1) is 36.0. The van der Waals surface area contributed by atoms with Crippen molar-refractivity contribution in [2.45, 2.75) is 137 Å². The van der Waals surface area contributed by atoms with Crippen molar-refractivity contribution in [1.29, 1.82) is 0 Å². The van der Waals surface area contributed by atoms with Gasteiger partial charge in [-0.25, -0.2) is 24.1 Å². The topological polar surface area (TPSA) is 129 Å². The number of carbonyl (C=O) groups is 5. The van der Waals surface area contributed by atoms with E-state index in [-0.39, 0.29) is 4.90 Å². The number of hydrogen-bond acceptors (Lipinski definition) is 9. The van der Waals surface area contributed by atoms with E-state index in [9.17, 15) is 37.1 Å². The maximum absolute atomic E-state index is 14.0. The Morgan fingerprint density at radius 1 is 0.756 bits per heavy atom. The summed E-state index contributed by atoms with van der Waals surface area (Å²) >= 11 is 0.